The van der Waals surface area contributed by atoms with Crippen LogP contribution in [0.2, 0.25) is 0 Å². The zero-order valence-corrected chi connectivity index (χ0v) is 16.1. The average Bonchev–Trinajstić information content (AvgIpc) is 2.63. The minimum Gasteiger partial charge on any atom is -0.491 e. The highest BCUT2D eigenvalue weighted by atomic mass is 16.5. The van der Waals surface area contributed by atoms with Gasteiger partial charge in [0.05, 0.1) is 0 Å². The summed E-state index contributed by atoms with van der Waals surface area (Å²) in [5.41, 5.74) is 3.59. The first-order valence-electron chi connectivity index (χ1n) is 9.22. The van der Waals surface area contributed by atoms with E-state index in [1.54, 1.807) is 7.11 Å². The van der Waals surface area contributed by atoms with Crippen molar-refractivity contribution in [2.24, 2.45) is 0 Å². The van der Waals surface area contributed by atoms with Gasteiger partial charge in [-0.1, -0.05) is 48.0 Å². The number of nitrogens with zero attached hydrogens (tertiary/aromatic N) is 1. The maximum absolute atomic E-state index is 10.5. The van der Waals surface area contributed by atoms with Gasteiger partial charge >= 0.3 is 0 Å². The molecule has 0 saturated heterocycles. The van der Waals surface area contributed by atoms with Gasteiger partial charge in [0.15, 0.2) is 0 Å². The molecule has 4 nitrogen and oxygen atoms in total. The highest BCUT2D eigenvalue weighted by Crippen LogP contribution is 2.16. The van der Waals surface area contributed by atoms with Crippen molar-refractivity contribution in [3.63, 3.8) is 0 Å². The number of rotatable bonds is 11. The highest BCUT2D eigenvalue weighted by Gasteiger charge is 2.13. The van der Waals surface area contributed by atoms with Crippen molar-refractivity contribution in [1.29, 1.82) is 0 Å². The Balaban J connectivity index is 1.89. The molecular weight excluding hydrogens is 326 g/mol. The summed E-state index contributed by atoms with van der Waals surface area (Å²) in [6.07, 6.45) is 0.399. The van der Waals surface area contributed by atoms with Gasteiger partial charge in [0.1, 0.15) is 18.5 Å². The number of methoxy groups -OCH3 is 1. The fraction of sp³-hybridized carbons (Fsp3) is 0.455. The maximum atomic E-state index is 10.5. The van der Waals surface area contributed by atoms with Gasteiger partial charge < -0.3 is 14.6 Å². The molecular formula is C22H31NO3. The lowest BCUT2D eigenvalue weighted by Gasteiger charge is -2.25. The van der Waals surface area contributed by atoms with E-state index in [1.807, 2.05) is 31.2 Å². The molecule has 0 aliphatic carbocycles. The van der Waals surface area contributed by atoms with Crippen LogP contribution in [0.5, 0.6) is 5.75 Å². The Bertz CT molecular complexity index is 642. The smallest absolute Gasteiger partial charge is 0.122 e. The molecule has 0 spiro atoms. The Labute approximate surface area is 157 Å². The first-order valence-corrected chi connectivity index (χ1v) is 9.22. The normalized spacial score (nSPS) is 12.3. The first kappa shape index (κ1) is 20.4. The van der Waals surface area contributed by atoms with Crippen LogP contribution in [0.3, 0.4) is 0 Å². The zero-order valence-electron chi connectivity index (χ0n) is 16.1. The number of aliphatic hydroxyl groups excluding tert-OH is 1. The summed E-state index contributed by atoms with van der Waals surface area (Å²) in [4.78, 5) is 2.26. The van der Waals surface area contributed by atoms with Crippen molar-refractivity contribution < 1.29 is 14.6 Å². The number of hydrogen-bond acceptors (Lipinski definition) is 4. The van der Waals surface area contributed by atoms with Gasteiger partial charge in [-0.2, -0.15) is 0 Å². The molecule has 1 atom stereocenters. The van der Waals surface area contributed by atoms with Crippen LogP contribution in [-0.2, 0) is 11.3 Å². The van der Waals surface area contributed by atoms with E-state index in [0.29, 0.717) is 13.2 Å². The average molecular weight is 357 g/mol. The second kappa shape index (κ2) is 11.0. The molecule has 1 N–H and O–H groups in total. The monoisotopic (exact) mass is 357 g/mol. The van der Waals surface area contributed by atoms with Crippen LogP contribution in [0.15, 0.2) is 48.5 Å². The van der Waals surface area contributed by atoms with Crippen LogP contribution in [0.1, 0.15) is 23.1 Å². The number of aryl methyl sites for hydroxylation is 2. The Hall–Kier alpha value is -1.88. The molecule has 0 radical (unpaired) electrons. The molecule has 0 unspecified atom stereocenters. The van der Waals surface area contributed by atoms with Gasteiger partial charge in [0.25, 0.3) is 0 Å². The Kier molecular flexibility index (Phi) is 8.62. The third kappa shape index (κ3) is 7.16. The van der Waals surface area contributed by atoms with Gasteiger partial charge in [-0.3, -0.25) is 4.90 Å². The van der Waals surface area contributed by atoms with E-state index in [-0.39, 0.29) is 0 Å². The lowest BCUT2D eigenvalue weighted by atomic mass is 10.1. The van der Waals surface area contributed by atoms with Gasteiger partial charge in [-0.15, -0.1) is 0 Å². The first-order chi connectivity index (χ1) is 12.6. The minimum atomic E-state index is -0.539. The summed E-state index contributed by atoms with van der Waals surface area (Å²) >= 11 is 0. The molecule has 0 aliphatic rings. The molecule has 142 valence electrons. The largest absolute Gasteiger partial charge is 0.491 e. The molecule has 2 rings (SSSR count). The van der Waals surface area contributed by atoms with Crippen molar-refractivity contribution in [3.05, 3.63) is 65.2 Å². The molecule has 2 aromatic carbocycles. The van der Waals surface area contributed by atoms with Gasteiger partial charge in [-0.05, 0) is 37.5 Å². The Morgan fingerprint density at radius 3 is 2.46 bits per heavy atom. The molecule has 0 aromatic heterocycles. The highest BCUT2D eigenvalue weighted by molar-refractivity contribution is 5.31. The van der Waals surface area contributed by atoms with Crippen LogP contribution in [-0.4, -0.2) is 49.5 Å². The van der Waals surface area contributed by atoms with Crippen LogP contribution >= 0.6 is 0 Å². The van der Waals surface area contributed by atoms with Crippen molar-refractivity contribution in [2.75, 3.05) is 33.4 Å². The van der Waals surface area contributed by atoms with Gasteiger partial charge in [-0.25, -0.2) is 0 Å². The molecule has 26 heavy (non-hydrogen) atoms. The van der Waals surface area contributed by atoms with E-state index in [0.717, 1.165) is 37.4 Å². The number of para-hydroxylation sites is 1. The summed E-state index contributed by atoms with van der Waals surface area (Å²) in [6, 6.07) is 16.4. The van der Waals surface area contributed by atoms with E-state index in [4.69, 9.17) is 9.47 Å². The number of ether oxygens (including phenoxy) is 2. The molecule has 4 heteroatoms. The molecule has 2 aromatic rings. The summed E-state index contributed by atoms with van der Waals surface area (Å²) in [5.74, 6) is 0.830. The van der Waals surface area contributed by atoms with Gasteiger partial charge in [0.2, 0.25) is 0 Å². The van der Waals surface area contributed by atoms with Crippen LogP contribution in [0.4, 0.5) is 0 Å². The quantitative estimate of drug-likeness (QED) is 0.624. The van der Waals surface area contributed by atoms with Crippen molar-refractivity contribution in [1.82, 2.24) is 4.90 Å². The predicted octanol–water partition coefficient (Wildman–Crippen LogP) is 3.58. The Morgan fingerprint density at radius 1 is 1.04 bits per heavy atom. The van der Waals surface area contributed by atoms with Gasteiger partial charge in [0, 0.05) is 33.4 Å². The number of aliphatic hydroxyl groups is 1. The molecule has 0 saturated carbocycles. The second-order valence-corrected chi connectivity index (χ2v) is 6.80. The molecule has 0 aliphatic heterocycles. The lowest BCUT2D eigenvalue weighted by molar-refractivity contribution is 0.0615. The second-order valence-electron chi connectivity index (χ2n) is 6.80. The standard InChI is InChI=1S/C22H31NO3/c1-18-9-11-20(12-10-18)15-23(13-6-14-25-3)16-21(24)17-26-22-8-5-4-7-19(22)2/h4-5,7-12,21,24H,6,13-17H2,1-3H3/t21-/m1/s1. The topological polar surface area (TPSA) is 41.9 Å². The molecule has 0 amide bonds. The fourth-order valence-corrected chi connectivity index (χ4v) is 2.87. The van der Waals surface area contributed by atoms with Crippen molar-refractivity contribution in [2.45, 2.75) is 32.9 Å². The summed E-state index contributed by atoms with van der Waals surface area (Å²) in [6.45, 7) is 7.38. The third-order valence-electron chi connectivity index (χ3n) is 4.34. The van der Waals surface area contributed by atoms with Crippen LogP contribution < -0.4 is 4.74 Å². The lowest BCUT2D eigenvalue weighted by Crippen LogP contribution is -2.36. The van der Waals surface area contributed by atoms with E-state index in [9.17, 15) is 5.11 Å². The van der Waals surface area contributed by atoms with Crippen LogP contribution in [0.25, 0.3) is 0 Å². The third-order valence-corrected chi connectivity index (χ3v) is 4.34. The predicted molar refractivity (Wildman–Crippen MR) is 106 cm³/mol. The summed E-state index contributed by atoms with van der Waals surface area (Å²) < 4.78 is 11.0. The van der Waals surface area contributed by atoms with E-state index in [1.165, 1.54) is 11.1 Å². The summed E-state index contributed by atoms with van der Waals surface area (Å²) in [7, 11) is 1.72. The minimum absolute atomic E-state index is 0.291. The Morgan fingerprint density at radius 2 is 1.77 bits per heavy atom. The van der Waals surface area contributed by atoms with Crippen molar-refractivity contribution >= 4 is 0 Å². The van der Waals surface area contributed by atoms with Crippen molar-refractivity contribution in [3.8, 4) is 5.75 Å². The number of hydrogen-bond donors (Lipinski definition) is 1. The SMILES string of the molecule is COCCCN(Cc1ccc(C)cc1)C[C@@H](O)COc1ccccc1C. The molecule has 0 heterocycles. The van der Waals surface area contributed by atoms with E-state index >= 15 is 0 Å². The number of benzene rings is 2. The fourth-order valence-electron chi connectivity index (χ4n) is 2.87. The summed E-state index contributed by atoms with van der Waals surface area (Å²) in [5, 5.41) is 10.5. The maximum Gasteiger partial charge on any atom is 0.122 e. The zero-order chi connectivity index (χ0) is 18.8. The van der Waals surface area contributed by atoms with E-state index < -0.39 is 6.10 Å². The van der Waals surface area contributed by atoms with E-state index in [2.05, 4.69) is 36.1 Å². The van der Waals surface area contributed by atoms with Crippen LogP contribution in [0, 0.1) is 13.8 Å². The molecule has 0 bridgehead atoms. The molecule has 0 fully saturated rings.